The number of halogens is 1. The maximum atomic E-state index is 11.8. The molecule has 0 aliphatic carbocycles. The molecular weight excluding hydrogens is 322 g/mol. The van der Waals surface area contributed by atoms with E-state index in [-0.39, 0.29) is 11.3 Å². The first-order chi connectivity index (χ1) is 9.22. The lowest BCUT2D eigenvalue weighted by Gasteiger charge is -2.26. The molecule has 20 heavy (non-hydrogen) atoms. The number of hydrogen-bond donors (Lipinski definition) is 3. The molecule has 0 radical (unpaired) electrons. The molecule has 0 saturated carbocycles. The summed E-state index contributed by atoms with van der Waals surface area (Å²) in [7, 11) is 0. The molecule has 0 fully saturated rings. The van der Waals surface area contributed by atoms with Crippen LogP contribution >= 0.6 is 15.9 Å². The van der Waals surface area contributed by atoms with Crippen LogP contribution < -0.4 is 16.4 Å². The predicted molar refractivity (Wildman–Crippen MR) is 82.4 cm³/mol. The van der Waals surface area contributed by atoms with Gasteiger partial charge in [0.25, 0.3) is 0 Å². The molecule has 0 spiro atoms. The Balaban J connectivity index is 2.63. The Hall–Kier alpha value is -1.56. The van der Waals surface area contributed by atoms with Crippen LogP contribution in [-0.2, 0) is 10.2 Å². The number of amides is 3. The molecule has 1 atom stereocenters. The van der Waals surface area contributed by atoms with E-state index >= 15 is 0 Å². The van der Waals surface area contributed by atoms with Crippen molar-refractivity contribution >= 4 is 27.9 Å². The van der Waals surface area contributed by atoms with E-state index in [9.17, 15) is 9.59 Å². The number of nitrogens with two attached hydrogens (primary N) is 1. The number of hydrogen-bond acceptors (Lipinski definition) is 2. The highest BCUT2D eigenvalue weighted by molar-refractivity contribution is 9.10. The minimum atomic E-state index is -0.709. The summed E-state index contributed by atoms with van der Waals surface area (Å²) in [4.78, 5) is 22.5. The molecule has 6 heteroatoms. The van der Waals surface area contributed by atoms with Gasteiger partial charge in [0.15, 0.2) is 0 Å². The van der Waals surface area contributed by atoms with Crippen molar-refractivity contribution in [1.82, 2.24) is 10.6 Å². The Morgan fingerprint density at radius 1 is 1.40 bits per heavy atom. The zero-order valence-electron chi connectivity index (χ0n) is 11.9. The Morgan fingerprint density at radius 2 is 2.05 bits per heavy atom. The van der Waals surface area contributed by atoms with Gasteiger partial charge in [-0.05, 0) is 24.6 Å². The highest BCUT2D eigenvalue weighted by atomic mass is 79.9. The Morgan fingerprint density at radius 3 is 2.60 bits per heavy atom. The first-order valence-corrected chi connectivity index (χ1v) is 7.11. The summed E-state index contributed by atoms with van der Waals surface area (Å²) >= 11 is 3.44. The summed E-state index contributed by atoms with van der Waals surface area (Å²) in [6.07, 6.45) is 0. The van der Waals surface area contributed by atoms with Crippen molar-refractivity contribution in [1.29, 1.82) is 0 Å². The second-order valence-electron chi connectivity index (χ2n) is 5.34. The molecule has 0 heterocycles. The van der Waals surface area contributed by atoms with Crippen LogP contribution in [0.1, 0.15) is 26.3 Å². The van der Waals surface area contributed by atoms with Gasteiger partial charge in [-0.1, -0.05) is 41.9 Å². The standard InChI is InChI=1S/C14H20BrN3O2/c1-9(18-13(16)20)12(19)17-8-14(2,3)10-5-4-6-11(15)7-10/h4-7,9H,8H2,1-3H3,(H,17,19)(H3,16,18,20)/t9-/m0/s1. The molecule has 0 bridgehead atoms. The van der Waals surface area contributed by atoms with Gasteiger partial charge < -0.3 is 16.4 Å². The topological polar surface area (TPSA) is 84.2 Å². The van der Waals surface area contributed by atoms with Crippen molar-refractivity contribution in [2.45, 2.75) is 32.2 Å². The van der Waals surface area contributed by atoms with Crippen LogP contribution in [0.3, 0.4) is 0 Å². The summed E-state index contributed by atoms with van der Waals surface area (Å²) in [5, 5.41) is 5.17. The Kier molecular flexibility index (Phi) is 5.56. The van der Waals surface area contributed by atoms with Gasteiger partial charge in [-0.3, -0.25) is 4.79 Å². The lowest BCUT2D eigenvalue weighted by molar-refractivity contribution is -0.122. The highest BCUT2D eigenvalue weighted by Gasteiger charge is 2.23. The Bertz CT molecular complexity index is 503. The lowest BCUT2D eigenvalue weighted by Crippen LogP contribution is -2.49. The fraction of sp³-hybridized carbons (Fsp3) is 0.429. The van der Waals surface area contributed by atoms with Gasteiger partial charge in [-0.2, -0.15) is 0 Å². The summed E-state index contributed by atoms with van der Waals surface area (Å²) < 4.78 is 0.998. The summed E-state index contributed by atoms with van der Waals surface area (Å²) in [5.74, 6) is -0.258. The van der Waals surface area contributed by atoms with Gasteiger partial charge in [0.05, 0.1) is 0 Å². The van der Waals surface area contributed by atoms with Gasteiger partial charge in [-0.25, -0.2) is 4.79 Å². The van der Waals surface area contributed by atoms with Crippen molar-refractivity contribution in [3.05, 3.63) is 34.3 Å². The minimum absolute atomic E-state index is 0.216. The molecule has 1 aromatic carbocycles. The number of benzene rings is 1. The molecule has 0 unspecified atom stereocenters. The summed E-state index contributed by atoms with van der Waals surface area (Å²) in [5.41, 5.74) is 5.88. The molecule has 110 valence electrons. The molecule has 0 aliphatic heterocycles. The zero-order valence-corrected chi connectivity index (χ0v) is 13.5. The molecule has 0 aliphatic rings. The van der Waals surface area contributed by atoms with E-state index in [0.29, 0.717) is 6.54 Å². The smallest absolute Gasteiger partial charge is 0.312 e. The first kappa shape index (κ1) is 16.5. The van der Waals surface area contributed by atoms with E-state index < -0.39 is 12.1 Å². The highest BCUT2D eigenvalue weighted by Crippen LogP contribution is 2.25. The average molecular weight is 342 g/mol. The third kappa shape index (κ3) is 4.85. The average Bonchev–Trinajstić information content (AvgIpc) is 2.35. The van der Waals surface area contributed by atoms with Crippen molar-refractivity contribution in [2.24, 2.45) is 5.73 Å². The van der Waals surface area contributed by atoms with E-state index in [1.54, 1.807) is 6.92 Å². The van der Waals surface area contributed by atoms with Crippen LogP contribution in [0.4, 0.5) is 4.79 Å². The van der Waals surface area contributed by atoms with Crippen LogP contribution in [-0.4, -0.2) is 24.5 Å². The van der Waals surface area contributed by atoms with Crippen LogP contribution in [0.5, 0.6) is 0 Å². The second-order valence-corrected chi connectivity index (χ2v) is 6.26. The SMILES string of the molecule is C[C@H](NC(N)=O)C(=O)NCC(C)(C)c1cccc(Br)c1. The van der Waals surface area contributed by atoms with E-state index in [1.165, 1.54) is 0 Å². The van der Waals surface area contributed by atoms with Crippen LogP contribution in [0.2, 0.25) is 0 Å². The van der Waals surface area contributed by atoms with Gasteiger partial charge in [-0.15, -0.1) is 0 Å². The van der Waals surface area contributed by atoms with Crippen molar-refractivity contribution in [2.75, 3.05) is 6.54 Å². The number of nitrogens with one attached hydrogen (secondary N) is 2. The maximum Gasteiger partial charge on any atom is 0.312 e. The molecule has 1 aromatic rings. The molecule has 3 amide bonds. The number of carbonyl (C=O) groups excluding carboxylic acids is 2. The molecule has 5 nitrogen and oxygen atoms in total. The third-order valence-electron chi connectivity index (χ3n) is 3.06. The second kappa shape index (κ2) is 6.74. The summed E-state index contributed by atoms with van der Waals surface area (Å²) in [6.45, 7) is 6.14. The largest absolute Gasteiger partial charge is 0.353 e. The van der Waals surface area contributed by atoms with E-state index in [1.807, 2.05) is 38.1 Å². The maximum absolute atomic E-state index is 11.8. The Labute approximate surface area is 127 Å². The third-order valence-corrected chi connectivity index (χ3v) is 3.56. The quantitative estimate of drug-likeness (QED) is 0.764. The number of urea groups is 1. The van der Waals surface area contributed by atoms with Gasteiger partial charge in [0.2, 0.25) is 5.91 Å². The normalized spacial score (nSPS) is 12.6. The van der Waals surface area contributed by atoms with Crippen molar-refractivity contribution in [3.63, 3.8) is 0 Å². The van der Waals surface area contributed by atoms with Crippen molar-refractivity contribution < 1.29 is 9.59 Å². The van der Waals surface area contributed by atoms with Crippen LogP contribution in [0.15, 0.2) is 28.7 Å². The summed E-state index contributed by atoms with van der Waals surface area (Å²) in [6, 6.07) is 6.60. The fourth-order valence-electron chi connectivity index (χ4n) is 1.75. The molecule has 4 N–H and O–H groups in total. The van der Waals surface area contributed by atoms with Crippen LogP contribution in [0.25, 0.3) is 0 Å². The lowest BCUT2D eigenvalue weighted by atomic mass is 9.84. The van der Waals surface area contributed by atoms with Crippen molar-refractivity contribution in [3.8, 4) is 0 Å². The van der Waals surface area contributed by atoms with E-state index in [2.05, 4.69) is 26.6 Å². The number of rotatable bonds is 5. The van der Waals surface area contributed by atoms with Gasteiger partial charge >= 0.3 is 6.03 Å². The zero-order chi connectivity index (χ0) is 15.3. The van der Waals surface area contributed by atoms with Crippen LogP contribution in [0, 0.1) is 0 Å². The first-order valence-electron chi connectivity index (χ1n) is 6.32. The molecule has 1 rings (SSSR count). The van der Waals surface area contributed by atoms with E-state index in [4.69, 9.17) is 5.73 Å². The number of carbonyl (C=O) groups is 2. The monoisotopic (exact) mass is 341 g/mol. The molecule has 0 saturated heterocycles. The van der Waals surface area contributed by atoms with E-state index in [0.717, 1.165) is 10.0 Å². The van der Waals surface area contributed by atoms with Gasteiger partial charge in [0, 0.05) is 16.4 Å². The fourth-order valence-corrected chi connectivity index (χ4v) is 2.15. The number of primary amides is 1. The molecule has 0 aromatic heterocycles. The minimum Gasteiger partial charge on any atom is -0.353 e. The van der Waals surface area contributed by atoms with Gasteiger partial charge in [0.1, 0.15) is 6.04 Å². The predicted octanol–water partition coefficient (Wildman–Crippen LogP) is 1.90. The molecular formula is C14H20BrN3O2.